The molecule has 0 spiro atoms. The van der Waals surface area contributed by atoms with Crippen molar-refractivity contribution in [2.24, 2.45) is 0 Å². The summed E-state index contributed by atoms with van der Waals surface area (Å²) in [5.74, 6) is 0.665. The summed E-state index contributed by atoms with van der Waals surface area (Å²) in [5.41, 5.74) is 9.18. The summed E-state index contributed by atoms with van der Waals surface area (Å²) in [6.07, 6.45) is 0. The number of hydrogen-bond donors (Lipinski definition) is 2. The highest BCUT2D eigenvalue weighted by atomic mass is 35.5. The van der Waals surface area contributed by atoms with Gasteiger partial charge in [-0.25, -0.2) is 9.97 Å². The Labute approximate surface area is 129 Å². The molecule has 0 atom stereocenters. The maximum Gasteiger partial charge on any atom is 0.166 e. The molecule has 0 saturated heterocycles. The van der Waals surface area contributed by atoms with E-state index in [2.05, 4.69) is 15.0 Å². The van der Waals surface area contributed by atoms with E-state index in [1.807, 2.05) is 24.3 Å². The van der Waals surface area contributed by atoms with Gasteiger partial charge in [-0.15, -0.1) is 0 Å². The zero-order valence-electron chi connectivity index (χ0n) is 10.2. The van der Waals surface area contributed by atoms with Gasteiger partial charge in [0.05, 0.1) is 11.0 Å². The fraction of sp³-hybridized carbons (Fsp3) is 0.0769. The lowest BCUT2D eigenvalue weighted by atomic mass is 10.3. The molecule has 2 aromatic heterocycles. The largest absolute Gasteiger partial charge is 0.399 e. The third-order valence-electron chi connectivity index (χ3n) is 2.74. The molecule has 0 fully saturated rings. The minimum absolute atomic E-state index is 0.392. The van der Waals surface area contributed by atoms with Gasteiger partial charge in [-0.3, -0.25) is 0 Å². The van der Waals surface area contributed by atoms with Gasteiger partial charge in [-0.05, 0) is 29.8 Å². The number of nitrogens with one attached hydrogen (secondary N) is 1. The maximum absolute atomic E-state index is 6.04. The van der Waals surface area contributed by atoms with Crippen molar-refractivity contribution >= 4 is 51.7 Å². The Morgan fingerprint density at radius 3 is 2.80 bits per heavy atom. The molecule has 0 saturated carbocycles. The molecular weight excluding hydrogens is 315 g/mol. The Hall–Kier alpha value is -1.43. The minimum Gasteiger partial charge on any atom is -0.399 e. The van der Waals surface area contributed by atoms with E-state index >= 15 is 0 Å². The number of imidazole rings is 1. The molecule has 102 valence electrons. The Balaban J connectivity index is 1.79. The summed E-state index contributed by atoms with van der Waals surface area (Å²) < 4.78 is 0. The zero-order chi connectivity index (χ0) is 14.1. The number of hydrogen-bond acceptors (Lipinski definition) is 4. The van der Waals surface area contributed by atoms with Crippen LogP contribution < -0.4 is 5.73 Å². The number of benzene rings is 1. The summed E-state index contributed by atoms with van der Waals surface area (Å²) >= 11 is 13.4. The molecule has 3 aromatic rings. The Bertz CT molecular complexity index is 772. The van der Waals surface area contributed by atoms with Crippen LogP contribution >= 0.6 is 35.0 Å². The smallest absolute Gasteiger partial charge is 0.166 e. The number of aromatic nitrogens is 3. The Morgan fingerprint density at radius 2 is 2.00 bits per heavy atom. The number of pyridine rings is 1. The third-order valence-corrected chi connectivity index (χ3v) is 4.20. The number of nitrogens with two attached hydrogens (primary N) is 1. The van der Waals surface area contributed by atoms with Crippen LogP contribution in [0.1, 0.15) is 5.56 Å². The van der Waals surface area contributed by atoms with Crippen LogP contribution in [0.4, 0.5) is 5.69 Å². The van der Waals surface area contributed by atoms with E-state index < -0.39 is 0 Å². The Kier molecular flexibility index (Phi) is 3.74. The molecule has 3 rings (SSSR count). The summed E-state index contributed by atoms with van der Waals surface area (Å²) in [5, 5.41) is 1.63. The molecule has 3 N–H and O–H groups in total. The first kappa shape index (κ1) is 13.5. The van der Waals surface area contributed by atoms with E-state index in [0.717, 1.165) is 21.8 Å². The van der Waals surface area contributed by atoms with E-state index in [1.165, 1.54) is 0 Å². The molecule has 20 heavy (non-hydrogen) atoms. The van der Waals surface area contributed by atoms with Gasteiger partial charge in [0.25, 0.3) is 0 Å². The van der Waals surface area contributed by atoms with Crippen molar-refractivity contribution in [3.05, 3.63) is 46.2 Å². The summed E-state index contributed by atoms with van der Waals surface area (Å²) in [4.78, 5) is 11.7. The number of halogens is 2. The van der Waals surface area contributed by atoms with Gasteiger partial charge in [0, 0.05) is 11.4 Å². The van der Waals surface area contributed by atoms with Crippen LogP contribution in [-0.4, -0.2) is 15.0 Å². The van der Waals surface area contributed by atoms with Gasteiger partial charge in [-0.1, -0.05) is 41.0 Å². The standard InChI is InChI=1S/C13H10Cl2N4S/c14-11-4-1-7(12(15)19-11)6-20-13-17-9-3-2-8(16)5-10(9)18-13/h1-5H,6,16H2,(H,17,18). The van der Waals surface area contributed by atoms with Gasteiger partial charge in [0.1, 0.15) is 10.3 Å². The molecule has 0 amide bonds. The highest BCUT2D eigenvalue weighted by Crippen LogP contribution is 2.27. The zero-order valence-corrected chi connectivity index (χ0v) is 12.6. The van der Waals surface area contributed by atoms with Crippen molar-refractivity contribution < 1.29 is 0 Å². The molecule has 0 unspecified atom stereocenters. The van der Waals surface area contributed by atoms with Crippen molar-refractivity contribution in [1.82, 2.24) is 15.0 Å². The highest BCUT2D eigenvalue weighted by molar-refractivity contribution is 7.98. The van der Waals surface area contributed by atoms with Crippen molar-refractivity contribution in [1.29, 1.82) is 0 Å². The molecule has 0 aliphatic rings. The van der Waals surface area contributed by atoms with Crippen LogP contribution in [0.25, 0.3) is 11.0 Å². The minimum atomic E-state index is 0.392. The molecule has 2 heterocycles. The normalized spacial score (nSPS) is 11.1. The van der Waals surface area contributed by atoms with Gasteiger partial charge in [-0.2, -0.15) is 0 Å². The van der Waals surface area contributed by atoms with Crippen LogP contribution in [0, 0.1) is 0 Å². The average Bonchev–Trinajstić information content (AvgIpc) is 2.79. The molecule has 1 aromatic carbocycles. The second-order valence-corrected chi connectivity index (χ2v) is 5.90. The lowest BCUT2D eigenvalue weighted by Gasteiger charge is -2.01. The first-order valence-electron chi connectivity index (χ1n) is 5.81. The molecule has 0 bridgehead atoms. The Morgan fingerprint density at radius 1 is 1.15 bits per heavy atom. The fourth-order valence-corrected chi connectivity index (χ4v) is 3.13. The molecule has 4 nitrogen and oxygen atoms in total. The van der Waals surface area contributed by atoms with Crippen LogP contribution in [-0.2, 0) is 5.75 Å². The number of nitrogens with zero attached hydrogens (tertiary/aromatic N) is 2. The first-order chi connectivity index (χ1) is 9.61. The van der Waals surface area contributed by atoms with Gasteiger partial charge in [0.2, 0.25) is 0 Å². The van der Waals surface area contributed by atoms with E-state index in [1.54, 1.807) is 17.8 Å². The number of nitrogen functional groups attached to an aromatic ring is 1. The van der Waals surface area contributed by atoms with Crippen molar-refractivity contribution in [3.8, 4) is 0 Å². The third kappa shape index (κ3) is 2.85. The average molecular weight is 325 g/mol. The number of anilines is 1. The van der Waals surface area contributed by atoms with Gasteiger partial charge in [0.15, 0.2) is 5.16 Å². The molecule has 0 radical (unpaired) electrons. The van der Waals surface area contributed by atoms with Crippen LogP contribution in [0.15, 0.2) is 35.5 Å². The summed E-state index contributed by atoms with van der Waals surface area (Å²) in [7, 11) is 0. The van der Waals surface area contributed by atoms with Crippen LogP contribution in [0.2, 0.25) is 10.3 Å². The second-order valence-electron chi connectivity index (χ2n) is 4.19. The van der Waals surface area contributed by atoms with Crippen LogP contribution in [0.5, 0.6) is 0 Å². The lowest BCUT2D eigenvalue weighted by molar-refractivity contribution is 1.08. The number of aromatic amines is 1. The topological polar surface area (TPSA) is 67.6 Å². The number of rotatable bonds is 3. The lowest BCUT2D eigenvalue weighted by Crippen LogP contribution is -1.87. The fourth-order valence-electron chi connectivity index (χ4n) is 1.77. The van der Waals surface area contributed by atoms with Crippen LogP contribution in [0.3, 0.4) is 0 Å². The SMILES string of the molecule is Nc1ccc2nc(SCc3ccc(Cl)nc3Cl)[nH]c2c1. The van der Waals surface area contributed by atoms with Gasteiger partial charge >= 0.3 is 0 Å². The summed E-state index contributed by atoms with van der Waals surface area (Å²) in [6, 6.07) is 9.18. The second kappa shape index (κ2) is 5.52. The molecular formula is C13H10Cl2N4S. The molecule has 0 aliphatic carbocycles. The monoisotopic (exact) mass is 324 g/mol. The number of H-pyrrole nitrogens is 1. The first-order valence-corrected chi connectivity index (χ1v) is 7.55. The van der Waals surface area contributed by atoms with E-state index in [0.29, 0.717) is 21.7 Å². The summed E-state index contributed by atoms with van der Waals surface area (Å²) in [6.45, 7) is 0. The van der Waals surface area contributed by atoms with E-state index in [4.69, 9.17) is 28.9 Å². The quantitative estimate of drug-likeness (QED) is 0.431. The molecule has 0 aliphatic heterocycles. The van der Waals surface area contributed by atoms with Gasteiger partial charge < -0.3 is 10.7 Å². The van der Waals surface area contributed by atoms with Crippen molar-refractivity contribution in [3.63, 3.8) is 0 Å². The number of fused-ring (bicyclic) bond motifs is 1. The van der Waals surface area contributed by atoms with Crippen molar-refractivity contribution in [2.75, 3.05) is 5.73 Å². The highest BCUT2D eigenvalue weighted by Gasteiger charge is 2.07. The number of thioether (sulfide) groups is 1. The molecule has 7 heteroatoms. The van der Waals surface area contributed by atoms with E-state index in [9.17, 15) is 0 Å². The predicted molar refractivity (Wildman–Crippen MR) is 84.3 cm³/mol. The van der Waals surface area contributed by atoms with Crippen molar-refractivity contribution in [2.45, 2.75) is 10.9 Å². The maximum atomic E-state index is 6.04. The van der Waals surface area contributed by atoms with E-state index in [-0.39, 0.29) is 0 Å². The predicted octanol–water partition coefficient (Wildman–Crippen LogP) is 4.14.